The van der Waals surface area contributed by atoms with Gasteiger partial charge in [0, 0.05) is 16.4 Å². The summed E-state index contributed by atoms with van der Waals surface area (Å²) in [7, 11) is 0. The van der Waals surface area contributed by atoms with Crippen LogP contribution >= 0.6 is 38.9 Å². The molecule has 1 aromatic carbocycles. The maximum Gasteiger partial charge on any atom is 0.142 e. The van der Waals surface area contributed by atoms with Gasteiger partial charge in [-0.3, -0.25) is 0 Å². The van der Waals surface area contributed by atoms with Gasteiger partial charge in [0.1, 0.15) is 5.75 Å². The number of benzene rings is 1. The number of nitrogens with one attached hydrogen (secondary N) is 1. The minimum Gasteiger partial charge on any atom is -0.492 e. The van der Waals surface area contributed by atoms with Crippen LogP contribution in [0.25, 0.3) is 0 Å². The average molecular weight is 347 g/mol. The van der Waals surface area contributed by atoms with Gasteiger partial charge < -0.3 is 10.1 Å². The molecule has 2 nitrogen and oxygen atoms in total. The molecule has 0 spiro atoms. The molecule has 0 amide bonds. The van der Waals surface area contributed by atoms with E-state index in [1.807, 2.05) is 31.2 Å². The van der Waals surface area contributed by atoms with Gasteiger partial charge in [-0.15, -0.1) is 11.3 Å². The van der Waals surface area contributed by atoms with Crippen LogP contribution in [0.15, 0.2) is 34.1 Å². The fourth-order valence-electron chi connectivity index (χ4n) is 1.55. The summed E-state index contributed by atoms with van der Waals surface area (Å²) in [4.78, 5) is 1.25. The Morgan fingerprint density at radius 1 is 1.33 bits per heavy atom. The van der Waals surface area contributed by atoms with E-state index in [1.54, 1.807) is 11.3 Å². The van der Waals surface area contributed by atoms with E-state index in [1.165, 1.54) is 4.88 Å². The van der Waals surface area contributed by atoms with E-state index < -0.39 is 0 Å². The Balaban J connectivity index is 2.09. The Morgan fingerprint density at radius 2 is 2.17 bits per heavy atom. The van der Waals surface area contributed by atoms with Crippen molar-refractivity contribution in [2.75, 3.05) is 11.9 Å². The summed E-state index contributed by atoms with van der Waals surface area (Å²) in [6.07, 6.45) is 0. The van der Waals surface area contributed by atoms with Crippen LogP contribution in [0, 0.1) is 0 Å². The van der Waals surface area contributed by atoms with Crippen LogP contribution in [0.4, 0.5) is 5.69 Å². The lowest BCUT2D eigenvalue weighted by Crippen LogP contribution is -2.01. The van der Waals surface area contributed by atoms with Gasteiger partial charge in [-0.1, -0.05) is 11.6 Å². The van der Waals surface area contributed by atoms with Crippen molar-refractivity contribution in [1.82, 2.24) is 0 Å². The number of hydrogen-bond donors (Lipinski definition) is 1. The van der Waals surface area contributed by atoms with Gasteiger partial charge in [-0.25, -0.2) is 0 Å². The first-order valence-corrected chi connectivity index (χ1v) is 7.58. The lowest BCUT2D eigenvalue weighted by molar-refractivity contribution is 0.341. The maximum absolute atomic E-state index is 6.00. The van der Waals surface area contributed by atoms with Crippen molar-refractivity contribution in [2.45, 2.75) is 13.5 Å². The number of hydrogen-bond acceptors (Lipinski definition) is 3. The molecule has 0 aliphatic heterocycles. The molecule has 0 aliphatic carbocycles. The molecule has 0 bridgehead atoms. The number of anilines is 1. The minimum atomic E-state index is 0.640. The summed E-state index contributed by atoms with van der Waals surface area (Å²) >= 11 is 11.2. The van der Waals surface area contributed by atoms with Crippen LogP contribution in [-0.4, -0.2) is 6.61 Å². The van der Waals surface area contributed by atoms with Crippen molar-refractivity contribution in [2.24, 2.45) is 0 Å². The second kappa shape index (κ2) is 6.45. The van der Waals surface area contributed by atoms with Crippen LogP contribution in [0.2, 0.25) is 5.02 Å². The molecule has 2 rings (SSSR count). The molecule has 0 unspecified atom stereocenters. The Kier molecular flexibility index (Phi) is 4.92. The molecule has 0 saturated carbocycles. The zero-order valence-corrected chi connectivity index (χ0v) is 13.0. The van der Waals surface area contributed by atoms with Gasteiger partial charge in [0.2, 0.25) is 0 Å². The van der Waals surface area contributed by atoms with Crippen LogP contribution in [0.5, 0.6) is 5.75 Å². The van der Waals surface area contributed by atoms with Crippen molar-refractivity contribution in [3.63, 3.8) is 0 Å². The number of ether oxygens (including phenoxy) is 1. The largest absolute Gasteiger partial charge is 0.492 e. The summed E-state index contributed by atoms with van der Waals surface area (Å²) in [5, 5.41) is 4.05. The predicted molar refractivity (Wildman–Crippen MR) is 82.0 cm³/mol. The highest BCUT2D eigenvalue weighted by molar-refractivity contribution is 9.11. The lowest BCUT2D eigenvalue weighted by atomic mass is 10.3. The van der Waals surface area contributed by atoms with Crippen molar-refractivity contribution < 1.29 is 4.74 Å². The Labute approximate surface area is 124 Å². The zero-order valence-electron chi connectivity index (χ0n) is 9.87. The minimum absolute atomic E-state index is 0.640. The molecule has 0 fully saturated rings. The molecule has 0 saturated heterocycles. The maximum atomic E-state index is 6.00. The van der Waals surface area contributed by atoms with E-state index in [0.717, 1.165) is 21.8 Å². The topological polar surface area (TPSA) is 21.3 Å². The van der Waals surface area contributed by atoms with E-state index in [9.17, 15) is 0 Å². The van der Waals surface area contributed by atoms with Crippen LogP contribution in [0.3, 0.4) is 0 Å². The van der Waals surface area contributed by atoms with Crippen molar-refractivity contribution in [3.8, 4) is 5.75 Å². The quantitative estimate of drug-likeness (QED) is 0.806. The molecule has 1 N–H and O–H groups in total. The van der Waals surface area contributed by atoms with E-state index in [0.29, 0.717) is 11.6 Å². The second-order valence-corrected chi connectivity index (χ2v) is 6.62. The molecule has 5 heteroatoms. The fraction of sp³-hybridized carbons (Fsp3) is 0.231. The third-order valence-electron chi connectivity index (χ3n) is 2.32. The molecular weight excluding hydrogens is 334 g/mol. The summed E-state index contributed by atoms with van der Waals surface area (Å²) in [6, 6.07) is 9.74. The molecule has 0 aliphatic rings. The molecule has 18 heavy (non-hydrogen) atoms. The smallest absolute Gasteiger partial charge is 0.142 e. The monoisotopic (exact) mass is 345 g/mol. The number of halogens is 2. The van der Waals surface area contributed by atoms with Gasteiger partial charge in [0.05, 0.1) is 16.1 Å². The molecule has 2 aromatic rings. The molecule has 1 aromatic heterocycles. The SMILES string of the molecule is CCOc1ccc(Cl)cc1NCc1ccc(Br)s1. The van der Waals surface area contributed by atoms with Gasteiger partial charge >= 0.3 is 0 Å². The lowest BCUT2D eigenvalue weighted by Gasteiger charge is -2.12. The normalized spacial score (nSPS) is 10.4. The standard InChI is InChI=1S/C13H13BrClNOS/c1-2-17-12-5-3-9(15)7-11(12)16-8-10-4-6-13(14)18-10/h3-7,16H,2,8H2,1H3. The first-order chi connectivity index (χ1) is 8.69. The molecule has 0 atom stereocenters. The molecular formula is C13H13BrClNOS. The average Bonchev–Trinajstić information content (AvgIpc) is 2.76. The first kappa shape index (κ1) is 13.7. The van der Waals surface area contributed by atoms with E-state index >= 15 is 0 Å². The van der Waals surface area contributed by atoms with Crippen LogP contribution in [0.1, 0.15) is 11.8 Å². The number of rotatable bonds is 5. The Morgan fingerprint density at radius 3 is 2.83 bits per heavy atom. The van der Waals surface area contributed by atoms with Crippen molar-refractivity contribution in [3.05, 3.63) is 44.0 Å². The summed E-state index contributed by atoms with van der Waals surface area (Å²) in [5.74, 6) is 0.831. The zero-order chi connectivity index (χ0) is 13.0. The Hall–Kier alpha value is -0.710. The highest BCUT2D eigenvalue weighted by Crippen LogP contribution is 2.29. The van der Waals surface area contributed by atoms with E-state index in [2.05, 4.69) is 27.3 Å². The van der Waals surface area contributed by atoms with E-state index in [-0.39, 0.29) is 0 Å². The molecule has 0 radical (unpaired) electrons. The highest BCUT2D eigenvalue weighted by atomic mass is 79.9. The fourth-order valence-corrected chi connectivity index (χ4v) is 3.15. The number of thiophene rings is 1. The van der Waals surface area contributed by atoms with Gasteiger partial charge in [-0.05, 0) is 53.2 Å². The third-order valence-corrected chi connectivity index (χ3v) is 4.18. The first-order valence-electron chi connectivity index (χ1n) is 5.59. The van der Waals surface area contributed by atoms with Crippen molar-refractivity contribution >= 4 is 44.6 Å². The second-order valence-electron chi connectivity index (χ2n) is 3.63. The van der Waals surface area contributed by atoms with E-state index in [4.69, 9.17) is 16.3 Å². The van der Waals surface area contributed by atoms with Crippen LogP contribution < -0.4 is 10.1 Å². The molecule has 1 heterocycles. The van der Waals surface area contributed by atoms with Crippen LogP contribution in [-0.2, 0) is 6.54 Å². The predicted octanol–water partition coefficient (Wildman–Crippen LogP) is 5.17. The third kappa shape index (κ3) is 3.64. The van der Waals surface area contributed by atoms with Gasteiger partial charge in [0.25, 0.3) is 0 Å². The summed E-state index contributed by atoms with van der Waals surface area (Å²) in [6.45, 7) is 3.37. The van der Waals surface area contributed by atoms with Crippen molar-refractivity contribution in [1.29, 1.82) is 0 Å². The Bertz CT molecular complexity index is 529. The molecule has 96 valence electrons. The summed E-state index contributed by atoms with van der Waals surface area (Å²) in [5.41, 5.74) is 0.925. The van der Waals surface area contributed by atoms with Gasteiger partial charge in [-0.2, -0.15) is 0 Å². The highest BCUT2D eigenvalue weighted by Gasteiger charge is 2.05. The van der Waals surface area contributed by atoms with Gasteiger partial charge in [0.15, 0.2) is 0 Å². The summed E-state index contributed by atoms with van der Waals surface area (Å²) < 4.78 is 6.69.